The number of rotatable bonds is 3. The smallest absolute Gasteiger partial charge is 0.145 e. The highest BCUT2D eigenvalue weighted by Gasteiger charge is 2.06. The molecule has 0 spiro atoms. The summed E-state index contributed by atoms with van der Waals surface area (Å²) in [5.74, 6) is 1.51. The number of benzene rings is 2. The molecule has 104 valence electrons. The van der Waals surface area contributed by atoms with Gasteiger partial charge in [0.05, 0.1) is 11.9 Å². The topological polar surface area (TPSA) is 25.5 Å². The second kappa shape index (κ2) is 6.29. The largest absolute Gasteiger partial charge is 0.455 e. The van der Waals surface area contributed by atoms with Gasteiger partial charge < -0.3 is 4.42 Å². The summed E-state index contributed by atoms with van der Waals surface area (Å²) in [7, 11) is 0. The number of hydrogen-bond donors (Lipinski definition) is 0. The highest BCUT2D eigenvalue weighted by atomic mass is 79.9. The number of hydrogen-bond acceptors (Lipinski definition) is 2. The highest BCUT2D eigenvalue weighted by molar-refractivity contribution is 9.10. The van der Waals surface area contributed by atoms with Crippen LogP contribution < -0.4 is 0 Å². The van der Waals surface area contributed by atoms with Gasteiger partial charge in [-0.15, -0.1) is 0 Å². The predicted molar refractivity (Wildman–Crippen MR) is 90.6 cm³/mol. The van der Waals surface area contributed by atoms with E-state index >= 15 is 0 Å². The second-order valence-electron chi connectivity index (χ2n) is 4.42. The quantitative estimate of drug-likeness (QED) is 0.517. The fraction of sp³-hybridized carbons (Fsp3) is 0. The summed E-state index contributed by atoms with van der Waals surface area (Å²) < 4.78 is 6.79. The van der Waals surface area contributed by atoms with Crippen molar-refractivity contribution in [1.29, 1.82) is 0 Å². The van der Waals surface area contributed by atoms with Gasteiger partial charge in [-0.3, -0.25) is 4.99 Å². The summed E-state index contributed by atoms with van der Waals surface area (Å²) in [6, 6.07) is 19.1. The Labute approximate surface area is 136 Å². The summed E-state index contributed by atoms with van der Waals surface area (Å²) in [6.45, 7) is 0. The molecule has 0 bridgehead atoms. The van der Waals surface area contributed by atoms with Gasteiger partial charge in [-0.25, -0.2) is 0 Å². The zero-order valence-electron chi connectivity index (χ0n) is 11.0. The zero-order valence-corrected chi connectivity index (χ0v) is 13.3. The van der Waals surface area contributed by atoms with Gasteiger partial charge in [0, 0.05) is 15.1 Å². The molecule has 0 unspecified atom stereocenters. The van der Waals surface area contributed by atoms with E-state index in [1.54, 1.807) is 6.21 Å². The molecular weight excluding hydrogens is 350 g/mol. The maximum atomic E-state index is 5.84. The number of nitrogens with zero attached hydrogens (tertiary/aromatic N) is 1. The molecule has 2 nitrogen and oxygen atoms in total. The molecule has 1 aromatic heterocycles. The molecule has 0 saturated heterocycles. The molecule has 2 aromatic carbocycles. The van der Waals surface area contributed by atoms with E-state index in [9.17, 15) is 0 Å². The van der Waals surface area contributed by atoms with E-state index in [0.717, 1.165) is 21.5 Å². The van der Waals surface area contributed by atoms with Crippen molar-refractivity contribution in [2.75, 3.05) is 0 Å². The Hall–Kier alpha value is -1.84. The molecule has 1 heterocycles. The van der Waals surface area contributed by atoms with Crippen molar-refractivity contribution in [3.05, 3.63) is 75.9 Å². The molecule has 0 aliphatic carbocycles. The Morgan fingerprint density at radius 1 is 0.952 bits per heavy atom. The van der Waals surface area contributed by atoms with Crippen LogP contribution in [0.15, 0.2) is 74.5 Å². The third-order valence-electron chi connectivity index (χ3n) is 2.93. The molecule has 0 atom stereocenters. The van der Waals surface area contributed by atoms with Gasteiger partial charge in [0.15, 0.2) is 0 Å². The molecule has 0 radical (unpaired) electrons. The Morgan fingerprint density at radius 3 is 2.48 bits per heavy atom. The van der Waals surface area contributed by atoms with Gasteiger partial charge in [-0.2, -0.15) is 0 Å². The average Bonchev–Trinajstić information content (AvgIpc) is 2.96. The Kier molecular flexibility index (Phi) is 4.23. The summed E-state index contributed by atoms with van der Waals surface area (Å²) in [5.41, 5.74) is 1.85. The van der Waals surface area contributed by atoms with Gasteiger partial charge in [-0.1, -0.05) is 45.7 Å². The zero-order chi connectivity index (χ0) is 14.7. The van der Waals surface area contributed by atoms with Crippen LogP contribution >= 0.6 is 27.5 Å². The fourth-order valence-electron chi connectivity index (χ4n) is 1.89. The van der Waals surface area contributed by atoms with Crippen LogP contribution in [0.2, 0.25) is 5.02 Å². The first kappa shape index (κ1) is 14.1. The van der Waals surface area contributed by atoms with Crippen molar-refractivity contribution in [2.24, 2.45) is 4.99 Å². The van der Waals surface area contributed by atoms with E-state index in [0.29, 0.717) is 10.8 Å². The van der Waals surface area contributed by atoms with E-state index in [2.05, 4.69) is 20.9 Å². The lowest BCUT2D eigenvalue weighted by molar-refractivity contribution is 0.575. The second-order valence-corrected chi connectivity index (χ2v) is 5.71. The standard InChI is InChI=1S/C17H11BrClNO/c18-16-4-2-1-3-15(16)17-10-9-14(21-17)11-20-13-7-5-12(19)6-8-13/h1-11H. The fourth-order valence-corrected chi connectivity index (χ4v) is 2.50. The van der Waals surface area contributed by atoms with E-state index < -0.39 is 0 Å². The molecule has 3 aromatic rings. The van der Waals surface area contributed by atoms with E-state index in [-0.39, 0.29) is 0 Å². The lowest BCUT2D eigenvalue weighted by Crippen LogP contribution is -1.76. The minimum atomic E-state index is 0.697. The molecule has 21 heavy (non-hydrogen) atoms. The van der Waals surface area contributed by atoms with Crippen molar-refractivity contribution >= 4 is 39.4 Å². The van der Waals surface area contributed by atoms with Crippen molar-refractivity contribution in [3.8, 4) is 11.3 Å². The molecule has 0 aliphatic rings. The van der Waals surface area contributed by atoms with Crippen LogP contribution in [0.3, 0.4) is 0 Å². The maximum Gasteiger partial charge on any atom is 0.145 e. The van der Waals surface area contributed by atoms with Crippen molar-refractivity contribution in [3.63, 3.8) is 0 Å². The number of aliphatic imine (C=N–C) groups is 1. The first-order chi connectivity index (χ1) is 10.2. The normalized spacial score (nSPS) is 11.1. The highest BCUT2D eigenvalue weighted by Crippen LogP contribution is 2.29. The van der Waals surface area contributed by atoms with Crippen LogP contribution in [0, 0.1) is 0 Å². The van der Waals surface area contributed by atoms with Crippen LogP contribution in [-0.4, -0.2) is 6.21 Å². The third kappa shape index (κ3) is 3.43. The molecular formula is C17H11BrClNO. The summed E-state index contributed by atoms with van der Waals surface area (Å²) in [5, 5.41) is 0.697. The van der Waals surface area contributed by atoms with E-state index in [1.807, 2.05) is 60.7 Å². The monoisotopic (exact) mass is 359 g/mol. The summed E-state index contributed by atoms with van der Waals surface area (Å²) in [4.78, 5) is 4.36. The summed E-state index contributed by atoms with van der Waals surface area (Å²) in [6.07, 6.45) is 1.70. The Morgan fingerprint density at radius 2 is 1.71 bits per heavy atom. The molecule has 0 amide bonds. The minimum Gasteiger partial charge on any atom is -0.455 e. The molecule has 0 saturated carbocycles. The molecule has 0 N–H and O–H groups in total. The predicted octanol–water partition coefficient (Wildman–Crippen LogP) is 6.11. The Balaban J connectivity index is 1.82. The van der Waals surface area contributed by atoms with Crippen molar-refractivity contribution in [2.45, 2.75) is 0 Å². The van der Waals surface area contributed by atoms with Gasteiger partial charge >= 0.3 is 0 Å². The molecule has 3 rings (SSSR count). The van der Waals surface area contributed by atoms with Crippen LogP contribution in [0.5, 0.6) is 0 Å². The number of halogens is 2. The van der Waals surface area contributed by atoms with Crippen molar-refractivity contribution in [1.82, 2.24) is 0 Å². The van der Waals surface area contributed by atoms with Crippen molar-refractivity contribution < 1.29 is 4.42 Å². The lowest BCUT2D eigenvalue weighted by atomic mass is 10.2. The van der Waals surface area contributed by atoms with E-state index in [1.165, 1.54) is 0 Å². The lowest BCUT2D eigenvalue weighted by Gasteiger charge is -1.99. The van der Waals surface area contributed by atoms with Gasteiger partial charge in [0.25, 0.3) is 0 Å². The van der Waals surface area contributed by atoms with Gasteiger partial charge in [-0.05, 0) is 42.5 Å². The first-order valence-corrected chi connectivity index (χ1v) is 7.54. The number of furan rings is 1. The summed E-state index contributed by atoms with van der Waals surface area (Å²) >= 11 is 9.36. The van der Waals surface area contributed by atoms with Gasteiger partial charge in [0.1, 0.15) is 11.5 Å². The maximum absolute atomic E-state index is 5.84. The van der Waals surface area contributed by atoms with Crippen LogP contribution in [0.4, 0.5) is 5.69 Å². The van der Waals surface area contributed by atoms with Crippen LogP contribution in [-0.2, 0) is 0 Å². The SMILES string of the molecule is Clc1ccc(N=Cc2ccc(-c3ccccc3Br)o2)cc1. The minimum absolute atomic E-state index is 0.697. The Bertz CT molecular complexity index is 777. The molecule has 0 aliphatic heterocycles. The molecule has 4 heteroatoms. The third-order valence-corrected chi connectivity index (χ3v) is 3.88. The molecule has 0 fully saturated rings. The average molecular weight is 361 g/mol. The van der Waals surface area contributed by atoms with Crippen LogP contribution in [0.1, 0.15) is 5.76 Å². The van der Waals surface area contributed by atoms with Gasteiger partial charge in [0.2, 0.25) is 0 Å². The first-order valence-electron chi connectivity index (χ1n) is 6.37. The van der Waals surface area contributed by atoms with Crippen LogP contribution in [0.25, 0.3) is 11.3 Å². The van der Waals surface area contributed by atoms with E-state index in [4.69, 9.17) is 16.0 Å².